The predicted octanol–water partition coefficient (Wildman–Crippen LogP) is 1.93. The first-order valence-corrected chi connectivity index (χ1v) is 9.76. The molecule has 4 rings (SSSR count). The van der Waals surface area contributed by atoms with Crippen LogP contribution < -0.4 is 0 Å². The van der Waals surface area contributed by atoms with Crippen molar-refractivity contribution in [2.75, 3.05) is 6.61 Å². The van der Waals surface area contributed by atoms with Gasteiger partial charge in [0.15, 0.2) is 6.17 Å². The highest BCUT2D eigenvalue weighted by atomic mass is 32.2. The van der Waals surface area contributed by atoms with E-state index < -0.39 is 52.1 Å². The number of halogens is 3. The Kier molecular flexibility index (Phi) is 4.61. The molecule has 4 aliphatic carbocycles. The van der Waals surface area contributed by atoms with Crippen LogP contribution in [0.3, 0.4) is 0 Å². The molecule has 0 spiro atoms. The normalized spacial score (nSPS) is 38.6. The number of carbonyl (C=O) groups excluding carboxylic acids is 1. The molecule has 4 fully saturated rings. The molecule has 4 saturated carbocycles. The third kappa shape index (κ3) is 3.28. The van der Waals surface area contributed by atoms with E-state index in [1.165, 1.54) is 0 Å². The van der Waals surface area contributed by atoms with Gasteiger partial charge in [-0.15, -0.1) is 0 Å². The van der Waals surface area contributed by atoms with E-state index in [2.05, 4.69) is 0 Å². The van der Waals surface area contributed by atoms with Crippen LogP contribution in [0.25, 0.3) is 0 Å². The molecule has 0 amide bonds. The number of aliphatic hydroxyl groups is 1. The van der Waals surface area contributed by atoms with Crippen molar-refractivity contribution in [1.82, 2.24) is 0 Å². The van der Waals surface area contributed by atoms with Gasteiger partial charge in [-0.3, -0.25) is 9.35 Å². The molecule has 0 radical (unpaired) electrons. The molecule has 0 saturated heterocycles. The summed E-state index contributed by atoms with van der Waals surface area (Å²) in [4.78, 5) is 12.3. The van der Waals surface area contributed by atoms with E-state index in [1.807, 2.05) is 0 Å². The first kappa shape index (κ1) is 18.9. The van der Waals surface area contributed by atoms with Crippen molar-refractivity contribution in [3.63, 3.8) is 0 Å². The monoisotopic (exact) mass is 386 g/mol. The van der Waals surface area contributed by atoms with Gasteiger partial charge in [-0.25, -0.2) is 4.39 Å². The van der Waals surface area contributed by atoms with Crippen molar-refractivity contribution in [2.24, 2.45) is 23.7 Å². The molecule has 0 heterocycles. The molecule has 2 N–H and O–H groups in total. The van der Waals surface area contributed by atoms with Crippen LogP contribution in [-0.4, -0.2) is 47.7 Å². The highest BCUT2D eigenvalue weighted by Crippen LogP contribution is 2.58. The number of carbonyl (C=O) groups is 1. The highest BCUT2D eigenvalue weighted by molar-refractivity contribution is 7.86. The molecule has 0 aromatic carbocycles. The Labute approximate surface area is 143 Å². The number of rotatable bonds is 6. The van der Waals surface area contributed by atoms with Gasteiger partial charge in [0, 0.05) is 6.42 Å². The largest absolute Gasteiger partial charge is 0.465 e. The minimum atomic E-state index is -5.89. The summed E-state index contributed by atoms with van der Waals surface area (Å²) < 4.78 is 73.8. The van der Waals surface area contributed by atoms with Crippen LogP contribution in [0.2, 0.25) is 0 Å². The van der Waals surface area contributed by atoms with E-state index in [-0.39, 0.29) is 5.92 Å². The van der Waals surface area contributed by atoms with Crippen molar-refractivity contribution < 1.29 is 40.8 Å². The van der Waals surface area contributed by atoms with Gasteiger partial charge in [-0.1, -0.05) is 0 Å². The smallest absolute Gasteiger partial charge is 0.400 e. The van der Waals surface area contributed by atoms with Crippen LogP contribution in [0.15, 0.2) is 0 Å². The average Bonchev–Trinajstić information content (AvgIpc) is 2.43. The maximum Gasteiger partial charge on any atom is 0.400 e. The minimum Gasteiger partial charge on any atom is -0.465 e. The molecule has 4 bridgehead atoms. The fourth-order valence-corrected chi connectivity index (χ4v) is 5.53. The SMILES string of the molecule is O=C(OCCC(F)C(F)(F)S(=O)(=O)O)C1C2CC3CC(C2)CC1(O)C3. The fraction of sp³-hybridized carbons (Fsp3) is 0.933. The Hall–Kier alpha value is -0.870. The van der Waals surface area contributed by atoms with Crippen molar-refractivity contribution in [3.05, 3.63) is 0 Å². The number of ether oxygens (including phenoxy) is 1. The quantitative estimate of drug-likeness (QED) is 0.534. The van der Waals surface area contributed by atoms with Gasteiger partial charge in [0.1, 0.15) is 0 Å². The van der Waals surface area contributed by atoms with Crippen molar-refractivity contribution in [1.29, 1.82) is 0 Å². The zero-order valence-electron chi connectivity index (χ0n) is 13.4. The maximum absolute atomic E-state index is 13.4. The van der Waals surface area contributed by atoms with E-state index in [1.54, 1.807) is 0 Å². The second-order valence-corrected chi connectivity index (χ2v) is 9.14. The number of hydrogen-bond donors (Lipinski definition) is 2. The minimum absolute atomic E-state index is 0.0239. The van der Waals surface area contributed by atoms with E-state index >= 15 is 0 Å². The molecule has 0 aromatic rings. The van der Waals surface area contributed by atoms with E-state index in [0.717, 1.165) is 19.3 Å². The molecular weight excluding hydrogens is 365 g/mol. The Balaban J connectivity index is 1.57. The van der Waals surface area contributed by atoms with Crippen LogP contribution in [0.5, 0.6) is 0 Å². The van der Waals surface area contributed by atoms with E-state index in [4.69, 9.17) is 9.29 Å². The first-order chi connectivity index (χ1) is 11.4. The Morgan fingerprint density at radius 2 is 1.80 bits per heavy atom. The third-order valence-corrected chi connectivity index (χ3v) is 6.80. The van der Waals surface area contributed by atoms with Crippen LogP contribution in [-0.2, 0) is 19.6 Å². The Morgan fingerprint density at radius 1 is 1.24 bits per heavy atom. The standard InChI is InChI=1S/C15H21F3O6S/c16-11(15(17,18)25(21,22)23)1-2-24-13(19)12-10-4-8-3-9(5-10)7-14(12,20)6-8/h8-12,20H,1-7H2,(H,21,22,23). The van der Waals surface area contributed by atoms with Gasteiger partial charge < -0.3 is 9.84 Å². The topological polar surface area (TPSA) is 101 Å². The van der Waals surface area contributed by atoms with Gasteiger partial charge in [0.25, 0.3) is 0 Å². The molecule has 4 aliphatic rings. The summed E-state index contributed by atoms with van der Waals surface area (Å²) in [6.07, 6.45) is -0.583. The van der Waals surface area contributed by atoms with E-state index in [0.29, 0.717) is 24.7 Å². The summed E-state index contributed by atoms with van der Waals surface area (Å²) in [6, 6.07) is 0. The molecule has 4 unspecified atom stereocenters. The zero-order valence-corrected chi connectivity index (χ0v) is 14.2. The summed E-state index contributed by atoms with van der Waals surface area (Å²) in [6.45, 7) is -0.753. The molecule has 144 valence electrons. The number of hydrogen-bond acceptors (Lipinski definition) is 5. The number of esters is 1. The van der Waals surface area contributed by atoms with Crippen molar-refractivity contribution in [2.45, 2.75) is 55.6 Å². The van der Waals surface area contributed by atoms with Gasteiger partial charge in [-0.05, 0) is 49.9 Å². The molecule has 0 aliphatic heterocycles. The van der Waals surface area contributed by atoms with Crippen molar-refractivity contribution >= 4 is 16.1 Å². The second kappa shape index (κ2) is 6.09. The lowest BCUT2D eigenvalue weighted by molar-refractivity contribution is -0.198. The molecule has 4 atom stereocenters. The molecule has 25 heavy (non-hydrogen) atoms. The van der Waals surface area contributed by atoms with Crippen LogP contribution in [0, 0.1) is 23.7 Å². The predicted molar refractivity (Wildman–Crippen MR) is 79.0 cm³/mol. The Bertz CT molecular complexity index is 638. The lowest BCUT2D eigenvalue weighted by atomic mass is 9.50. The zero-order chi connectivity index (χ0) is 18.6. The second-order valence-electron chi connectivity index (χ2n) is 7.65. The van der Waals surface area contributed by atoms with E-state index in [9.17, 15) is 31.5 Å². The summed E-state index contributed by atoms with van der Waals surface area (Å²) in [5.41, 5.74) is -1.15. The molecular formula is C15H21F3O6S. The highest BCUT2D eigenvalue weighted by Gasteiger charge is 2.59. The van der Waals surface area contributed by atoms with Gasteiger partial charge in [0.2, 0.25) is 0 Å². The summed E-state index contributed by atoms with van der Waals surface area (Å²) in [5.74, 6) is -0.760. The van der Waals surface area contributed by atoms with Gasteiger partial charge in [0.05, 0.1) is 18.1 Å². The Morgan fingerprint density at radius 3 is 2.28 bits per heavy atom. The van der Waals surface area contributed by atoms with Gasteiger partial charge in [-0.2, -0.15) is 17.2 Å². The fourth-order valence-electron chi connectivity index (χ4n) is 5.09. The van der Waals surface area contributed by atoms with Gasteiger partial charge >= 0.3 is 21.3 Å². The lowest BCUT2D eigenvalue weighted by Crippen LogP contribution is -2.59. The van der Waals surface area contributed by atoms with Crippen LogP contribution >= 0.6 is 0 Å². The summed E-state index contributed by atoms with van der Waals surface area (Å²) >= 11 is 0. The number of alkyl halides is 3. The summed E-state index contributed by atoms with van der Waals surface area (Å²) in [7, 11) is -5.89. The summed E-state index contributed by atoms with van der Waals surface area (Å²) in [5, 5.41) is 5.81. The third-order valence-electron chi connectivity index (χ3n) is 5.85. The van der Waals surface area contributed by atoms with Crippen LogP contribution in [0.1, 0.15) is 38.5 Å². The molecule has 6 nitrogen and oxygen atoms in total. The molecule has 10 heteroatoms. The first-order valence-electron chi connectivity index (χ1n) is 8.32. The van der Waals surface area contributed by atoms with Crippen LogP contribution in [0.4, 0.5) is 13.2 Å². The van der Waals surface area contributed by atoms with Crippen molar-refractivity contribution in [3.8, 4) is 0 Å². The lowest BCUT2D eigenvalue weighted by Gasteiger charge is -2.57. The molecule has 0 aromatic heterocycles. The maximum atomic E-state index is 13.4. The average molecular weight is 386 g/mol.